The molecule has 0 aliphatic carbocycles. The Labute approximate surface area is 136 Å². The number of aryl methyl sites for hydroxylation is 2. The quantitative estimate of drug-likeness (QED) is 0.852. The molecule has 0 saturated carbocycles. The smallest absolute Gasteiger partial charge is 0.265 e. The lowest BCUT2D eigenvalue weighted by molar-refractivity contribution is -0.122. The van der Waals surface area contributed by atoms with Crippen LogP contribution in [-0.4, -0.2) is 17.8 Å². The van der Waals surface area contributed by atoms with Gasteiger partial charge in [0, 0.05) is 5.56 Å². The first-order chi connectivity index (χ1) is 10.9. The number of anilines is 1. The molecule has 1 atom stereocenters. The molecule has 0 spiro atoms. The van der Waals surface area contributed by atoms with E-state index in [0.717, 1.165) is 11.1 Å². The van der Waals surface area contributed by atoms with Gasteiger partial charge in [-0.25, -0.2) is 0 Å². The number of amides is 1. The minimum atomic E-state index is -0.670. The molecule has 2 rings (SSSR count). The second-order valence-corrected chi connectivity index (χ2v) is 5.67. The van der Waals surface area contributed by atoms with Gasteiger partial charge in [-0.3, -0.25) is 9.59 Å². The fourth-order valence-corrected chi connectivity index (χ4v) is 2.39. The van der Waals surface area contributed by atoms with Crippen molar-refractivity contribution in [2.45, 2.75) is 33.8 Å². The first kappa shape index (κ1) is 16.7. The normalized spacial score (nSPS) is 11.7. The molecule has 0 aromatic heterocycles. The lowest BCUT2D eigenvalue weighted by atomic mass is 10.1. The Hall–Kier alpha value is -2.62. The number of ketones is 1. The highest BCUT2D eigenvalue weighted by Crippen LogP contribution is 2.19. The molecule has 2 aromatic carbocycles. The van der Waals surface area contributed by atoms with Crippen LogP contribution in [0.5, 0.6) is 5.75 Å². The molecular weight excluding hydrogens is 290 g/mol. The number of rotatable bonds is 5. The van der Waals surface area contributed by atoms with Gasteiger partial charge in [-0.1, -0.05) is 18.2 Å². The van der Waals surface area contributed by atoms with Crippen molar-refractivity contribution in [2.75, 3.05) is 5.32 Å². The number of hydrogen-bond acceptors (Lipinski definition) is 3. The van der Waals surface area contributed by atoms with Crippen molar-refractivity contribution in [3.63, 3.8) is 0 Å². The molecule has 1 N–H and O–H groups in total. The molecule has 0 aliphatic rings. The Morgan fingerprint density at radius 1 is 1.04 bits per heavy atom. The van der Waals surface area contributed by atoms with E-state index in [1.165, 1.54) is 6.92 Å². The predicted octanol–water partition coefficient (Wildman–Crippen LogP) is 3.91. The number of Topliss-reactive ketones (excluding diaryl/α,β-unsaturated/α-hetero) is 1. The second kappa shape index (κ2) is 7.09. The lowest BCUT2D eigenvalue weighted by Gasteiger charge is -2.16. The van der Waals surface area contributed by atoms with Crippen LogP contribution in [0.1, 0.15) is 35.3 Å². The molecule has 0 radical (unpaired) electrons. The number of hydrogen-bond donors (Lipinski definition) is 1. The van der Waals surface area contributed by atoms with E-state index in [4.69, 9.17) is 4.74 Å². The fourth-order valence-electron chi connectivity index (χ4n) is 2.39. The van der Waals surface area contributed by atoms with Crippen molar-refractivity contribution < 1.29 is 14.3 Å². The maximum absolute atomic E-state index is 12.3. The topological polar surface area (TPSA) is 55.4 Å². The molecule has 0 aliphatic heterocycles. The third kappa shape index (κ3) is 4.42. The zero-order chi connectivity index (χ0) is 17.0. The van der Waals surface area contributed by atoms with E-state index in [1.54, 1.807) is 31.2 Å². The standard InChI is InChI=1S/C19H21NO3/c1-12-9-13(2)11-16(10-12)23-15(4)19(22)20-18-8-6-5-7-17(18)14(3)21/h5-11,15H,1-4H3,(H,20,22). The maximum atomic E-state index is 12.3. The molecular formula is C19H21NO3. The average Bonchev–Trinajstić information content (AvgIpc) is 2.46. The number of carbonyl (C=O) groups is 2. The highest BCUT2D eigenvalue weighted by molar-refractivity contribution is 6.04. The highest BCUT2D eigenvalue weighted by atomic mass is 16.5. The number of carbonyl (C=O) groups excluding carboxylic acids is 2. The van der Waals surface area contributed by atoms with Gasteiger partial charge in [0.05, 0.1) is 5.69 Å². The summed E-state index contributed by atoms with van der Waals surface area (Å²) in [5, 5.41) is 2.76. The van der Waals surface area contributed by atoms with Gasteiger partial charge in [0.2, 0.25) is 0 Å². The van der Waals surface area contributed by atoms with Crippen molar-refractivity contribution in [3.05, 3.63) is 59.2 Å². The van der Waals surface area contributed by atoms with Gasteiger partial charge in [-0.05, 0) is 63.1 Å². The van der Waals surface area contributed by atoms with Crippen molar-refractivity contribution in [1.29, 1.82) is 0 Å². The summed E-state index contributed by atoms with van der Waals surface area (Å²) in [6.07, 6.45) is -0.670. The number of nitrogens with one attached hydrogen (secondary N) is 1. The van der Waals surface area contributed by atoms with Gasteiger partial charge in [0.15, 0.2) is 11.9 Å². The molecule has 2 aromatic rings. The van der Waals surface area contributed by atoms with Crippen LogP contribution in [0.15, 0.2) is 42.5 Å². The zero-order valence-electron chi connectivity index (χ0n) is 13.8. The summed E-state index contributed by atoms with van der Waals surface area (Å²) in [7, 11) is 0. The summed E-state index contributed by atoms with van der Waals surface area (Å²) in [5.74, 6) is 0.270. The first-order valence-electron chi connectivity index (χ1n) is 7.52. The Morgan fingerprint density at radius 3 is 2.26 bits per heavy atom. The van der Waals surface area contributed by atoms with E-state index in [1.807, 2.05) is 32.0 Å². The van der Waals surface area contributed by atoms with E-state index < -0.39 is 6.10 Å². The number of para-hydroxylation sites is 1. The van der Waals surface area contributed by atoms with Crippen LogP contribution in [0.3, 0.4) is 0 Å². The van der Waals surface area contributed by atoms with Crippen LogP contribution in [0, 0.1) is 13.8 Å². The predicted molar refractivity (Wildman–Crippen MR) is 91.1 cm³/mol. The van der Waals surface area contributed by atoms with Crippen LogP contribution in [0.2, 0.25) is 0 Å². The lowest BCUT2D eigenvalue weighted by Crippen LogP contribution is -2.30. The van der Waals surface area contributed by atoms with Crippen LogP contribution in [-0.2, 0) is 4.79 Å². The fraction of sp³-hybridized carbons (Fsp3) is 0.263. The summed E-state index contributed by atoms with van der Waals surface area (Å²) < 4.78 is 5.71. The largest absolute Gasteiger partial charge is 0.481 e. The maximum Gasteiger partial charge on any atom is 0.265 e. The van der Waals surface area contributed by atoms with Gasteiger partial charge < -0.3 is 10.1 Å². The molecule has 0 bridgehead atoms. The monoisotopic (exact) mass is 311 g/mol. The van der Waals surface area contributed by atoms with Crippen LogP contribution in [0.4, 0.5) is 5.69 Å². The Kier molecular flexibility index (Phi) is 5.16. The summed E-state index contributed by atoms with van der Waals surface area (Å²) in [6.45, 7) is 7.12. The summed E-state index contributed by atoms with van der Waals surface area (Å²) in [5.41, 5.74) is 3.14. The third-order valence-corrected chi connectivity index (χ3v) is 3.44. The minimum absolute atomic E-state index is 0.0937. The van der Waals surface area contributed by atoms with Crippen molar-refractivity contribution >= 4 is 17.4 Å². The van der Waals surface area contributed by atoms with E-state index in [2.05, 4.69) is 5.32 Å². The molecule has 0 heterocycles. The van der Waals surface area contributed by atoms with Gasteiger partial charge in [0.25, 0.3) is 5.91 Å². The molecule has 4 nitrogen and oxygen atoms in total. The molecule has 1 amide bonds. The summed E-state index contributed by atoms with van der Waals surface area (Å²) in [4.78, 5) is 23.9. The van der Waals surface area contributed by atoms with Crippen LogP contribution >= 0.6 is 0 Å². The van der Waals surface area contributed by atoms with E-state index in [9.17, 15) is 9.59 Å². The van der Waals surface area contributed by atoms with Crippen molar-refractivity contribution in [1.82, 2.24) is 0 Å². The van der Waals surface area contributed by atoms with E-state index in [0.29, 0.717) is 17.0 Å². The van der Waals surface area contributed by atoms with E-state index in [-0.39, 0.29) is 11.7 Å². The minimum Gasteiger partial charge on any atom is -0.481 e. The molecule has 1 unspecified atom stereocenters. The van der Waals surface area contributed by atoms with Gasteiger partial charge in [0.1, 0.15) is 5.75 Å². The Morgan fingerprint density at radius 2 is 1.65 bits per heavy atom. The Bertz CT molecular complexity index is 717. The molecule has 120 valence electrons. The third-order valence-electron chi connectivity index (χ3n) is 3.44. The van der Waals surface area contributed by atoms with Gasteiger partial charge in [-0.2, -0.15) is 0 Å². The van der Waals surface area contributed by atoms with E-state index >= 15 is 0 Å². The molecule has 4 heteroatoms. The number of ether oxygens (including phenoxy) is 1. The van der Waals surface area contributed by atoms with Crippen molar-refractivity contribution in [2.24, 2.45) is 0 Å². The molecule has 0 fully saturated rings. The van der Waals surface area contributed by atoms with Crippen LogP contribution < -0.4 is 10.1 Å². The molecule has 23 heavy (non-hydrogen) atoms. The SMILES string of the molecule is CC(=O)c1ccccc1NC(=O)C(C)Oc1cc(C)cc(C)c1. The first-order valence-corrected chi connectivity index (χ1v) is 7.52. The Balaban J connectivity index is 2.10. The van der Waals surface area contributed by atoms with Gasteiger partial charge in [-0.15, -0.1) is 0 Å². The average molecular weight is 311 g/mol. The number of benzene rings is 2. The van der Waals surface area contributed by atoms with Gasteiger partial charge >= 0.3 is 0 Å². The highest BCUT2D eigenvalue weighted by Gasteiger charge is 2.17. The molecule has 0 saturated heterocycles. The summed E-state index contributed by atoms with van der Waals surface area (Å²) in [6, 6.07) is 12.8. The second-order valence-electron chi connectivity index (χ2n) is 5.67. The van der Waals surface area contributed by atoms with Crippen molar-refractivity contribution in [3.8, 4) is 5.75 Å². The zero-order valence-corrected chi connectivity index (χ0v) is 13.8. The summed E-state index contributed by atoms with van der Waals surface area (Å²) >= 11 is 0. The van der Waals surface area contributed by atoms with Crippen LogP contribution in [0.25, 0.3) is 0 Å².